The van der Waals surface area contributed by atoms with Crippen LogP contribution in [0.1, 0.15) is 22.5 Å². The third-order valence-electron chi connectivity index (χ3n) is 3.95. The van der Waals surface area contributed by atoms with Crippen molar-refractivity contribution in [3.8, 4) is 0 Å². The van der Waals surface area contributed by atoms with Crippen LogP contribution in [0.5, 0.6) is 0 Å². The summed E-state index contributed by atoms with van der Waals surface area (Å²) in [5, 5.41) is 7.55. The van der Waals surface area contributed by atoms with Crippen LogP contribution in [0.3, 0.4) is 0 Å². The van der Waals surface area contributed by atoms with Crippen molar-refractivity contribution in [3.63, 3.8) is 0 Å². The van der Waals surface area contributed by atoms with Gasteiger partial charge in [-0.25, -0.2) is 18.4 Å². The Bertz CT molecular complexity index is 636. The molecule has 9 heteroatoms. The molecule has 24 heavy (non-hydrogen) atoms. The summed E-state index contributed by atoms with van der Waals surface area (Å²) in [6.45, 7) is 10.3. The highest BCUT2D eigenvalue weighted by Gasteiger charge is 2.20. The van der Waals surface area contributed by atoms with Crippen LogP contribution in [0.25, 0.3) is 0 Å². The molecular formula is C15H27N5O2S2. The average molecular weight is 374 g/mol. The third-order valence-corrected chi connectivity index (χ3v) is 6.61. The molecule has 0 amide bonds. The molecule has 0 saturated carbocycles. The van der Waals surface area contributed by atoms with Crippen molar-refractivity contribution >= 4 is 27.1 Å². The molecule has 1 saturated heterocycles. The molecule has 1 aromatic rings. The van der Waals surface area contributed by atoms with E-state index in [-0.39, 0.29) is 11.5 Å². The quantitative estimate of drug-likeness (QED) is 0.559. The van der Waals surface area contributed by atoms with Gasteiger partial charge in [-0.3, -0.25) is 4.90 Å². The van der Waals surface area contributed by atoms with E-state index < -0.39 is 9.84 Å². The van der Waals surface area contributed by atoms with Gasteiger partial charge in [-0.1, -0.05) is 0 Å². The number of aliphatic imine (C=N–C) groups is 1. The number of hydrogen-bond acceptors (Lipinski definition) is 6. The predicted molar refractivity (Wildman–Crippen MR) is 99.5 cm³/mol. The molecule has 1 aromatic heterocycles. The van der Waals surface area contributed by atoms with Crippen LogP contribution in [0.2, 0.25) is 0 Å². The molecule has 0 unspecified atom stereocenters. The monoisotopic (exact) mass is 373 g/mol. The third kappa shape index (κ3) is 6.03. The molecule has 1 aliphatic rings. The van der Waals surface area contributed by atoms with Gasteiger partial charge in [-0.15, -0.1) is 11.3 Å². The van der Waals surface area contributed by atoms with Gasteiger partial charge >= 0.3 is 0 Å². The Labute approximate surface area is 148 Å². The highest BCUT2D eigenvalue weighted by atomic mass is 32.2. The summed E-state index contributed by atoms with van der Waals surface area (Å²) in [7, 11) is -2.81. The Morgan fingerprint density at radius 2 is 2.00 bits per heavy atom. The Morgan fingerprint density at radius 1 is 1.29 bits per heavy atom. The first-order valence-corrected chi connectivity index (χ1v) is 10.9. The second-order valence-corrected chi connectivity index (χ2v) is 9.46. The number of guanidine groups is 1. The molecule has 0 aromatic carbocycles. The summed E-state index contributed by atoms with van der Waals surface area (Å²) < 4.78 is 22.9. The maximum Gasteiger partial charge on any atom is 0.191 e. The van der Waals surface area contributed by atoms with E-state index >= 15 is 0 Å². The molecule has 0 aliphatic carbocycles. The van der Waals surface area contributed by atoms with E-state index in [1.807, 2.05) is 13.8 Å². The van der Waals surface area contributed by atoms with Crippen LogP contribution < -0.4 is 10.6 Å². The van der Waals surface area contributed by atoms with E-state index in [0.717, 1.165) is 36.3 Å². The molecule has 7 nitrogen and oxygen atoms in total. The van der Waals surface area contributed by atoms with E-state index in [2.05, 4.69) is 32.4 Å². The topological polar surface area (TPSA) is 86.7 Å². The first-order valence-electron chi connectivity index (χ1n) is 8.27. The minimum Gasteiger partial charge on any atom is -0.357 e. The molecule has 0 bridgehead atoms. The lowest BCUT2D eigenvalue weighted by Crippen LogP contribution is -2.45. The zero-order valence-corrected chi connectivity index (χ0v) is 16.3. The summed E-state index contributed by atoms with van der Waals surface area (Å²) in [4.78, 5) is 12.5. The second kappa shape index (κ2) is 8.77. The molecular weight excluding hydrogens is 346 g/mol. The first kappa shape index (κ1) is 19.1. The van der Waals surface area contributed by atoms with Gasteiger partial charge in [0.15, 0.2) is 15.8 Å². The van der Waals surface area contributed by atoms with E-state index in [1.54, 1.807) is 11.3 Å². The summed E-state index contributed by atoms with van der Waals surface area (Å²) >= 11 is 1.68. The highest BCUT2D eigenvalue weighted by Crippen LogP contribution is 2.16. The van der Waals surface area contributed by atoms with Crippen molar-refractivity contribution in [3.05, 3.63) is 15.6 Å². The van der Waals surface area contributed by atoms with Crippen molar-refractivity contribution < 1.29 is 8.42 Å². The SMILES string of the molecule is CCNC(=NCc1nc(C)c(C)s1)NCCN1CCS(=O)(=O)CC1. The number of hydrogen-bond donors (Lipinski definition) is 2. The van der Waals surface area contributed by atoms with E-state index in [9.17, 15) is 8.42 Å². The van der Waals surface area contributed by atoms with Gasteiger partial charge in [0.2, 0.25) is 0 Å². The number of nitrogens with zero attached hydrogens (tertiary/aromatic N) is 3. The van der Waals surface area contributed by atoms with Crippen LogP contribution in [0, 0.1) is 13.8 Å². The fourth-order valence-electron chi connectivity index (χ4n) is 2.40. The predicted octanol–water partition coefficient (Wildman–Crippen LogP) is 0.545. The second-order valence-electron chi connectivity index (χ2n) is 5.86. The molecule has 0 spiro atoms. The average Bonchev–Trinajstić information content (AvgIpc) is 2.85. The van der Waals surface area contributed by atoms with Gasteiger partial charge in [0.1, 0.15) is 5.01 Å². The number of nitrogens with one attached hydrogen (secondary N) is 2. The van der Waals surface area contributed by atoms with Crippen molar-refractivity contribution in [1.29, 1.82) is 0 Å². The van der Waals surface area contributed by atoms with Gasteiger partial charge < -0.3 is 10.6 Å². The highest BCUT2D eigenvalue weighted by molar-refractivity contribution is 7.91. The van der Waals surface area contributed by atoms with Gasteiger partial charge in [0.05, 0.1) is 23.7 Å². The number of thiazole rings is 1. The lowest BCUT2D eigenvalue weighted by molar-refractivity contribution is 0.299. The van der Waals surface area contributed by atoms with Crippen molar-refractivity contribution in [2.24, 2.45) is 4.99 Å². The number of rotatable bonds is 6. The first-order chi connectivity index (χ1) is 11.4. The van der Waals surface area contributed by atoms with Crippen LogP contribution in [-0.4, -0.2) is 68.5 Å². The Kier molecular flexibility index (Phi) is 7.00. The number of aromatic nitrogens is 1. The summed E-state index contributed by atoms with van der Waals surface area (Å²) in [6, 6.07) is 0. The lowest BCUT2D eigenvalue weighted by Gasteiger charge is -2.26. The van der Waals surface area contributed by atoms with E-state index in [0.29, 0.717) is 19.6 Å². The number of aryl methyl sites for hydroxylation is 2. The van der Waals surface area contributed by atoms with Crippen molar-refractivity contribution in [2.45, 2.75) is 27.3 Å². The van der Waals surface area contributed by atoms with Crippen molar-refractivity contribution in [1.82, 2.24) is 20.5 Å². The summed E-state index contributed by atoms with van der Waals surface area (Å²) in [6.07, 6.45) is 0. The molecule has 2 heterocycles. The van der Waals surface area contributed by atoms with Gasteiger partial charge in [0, 0.05) is 37.6 Å². The minimum absolute atomic E-state index is 0.268. The van der Waals surface area contributed by atoms with Gasteiger partial charge in [-0.05, 0) is 20.8 Å². The minimum atomic E-state index is -2.81. The van der Waals surface area contributed by atoms with Crippen molar-refractivity contribution in [2.75, 3.05) is 44.2 Å². The Morgan fingerprint density at radius 3 is 2.58 bits per heavy atom. The molecule has 1 aliphatic heterocycles. The standard InChI is InChI=1S/C15H27N5O2S2/c1-4-16-15(18-11-14-19-12(2)13(3)23-14)17-5-6-20-7-9-24(21,22)10-8-20/h4-11H2,1-3H3,(H2,16,17,18). The zero-order valence-electron chi connectivity index (χ0n) is 14.6. The fraction of sp³-hybridized carbons (Fsp3) is 0.733. The molecule has 0 atom stereocenters. The molecule has 136 valence electrons. The maximum atomic E-state index is 11.4. The Balaban J connectivity index is 1.79. The van der Waals surface area contributed by atoms with Crippen LogP contribution in [-0.2, 0) is 16.4 Å². The normalized spacial score (nSPS) is 18.5. The molecule has 0 radical (unpaired) electrons. The van der Waals surface area contributed by atoms with Gasteiger partial charge in [0.25, 0.3) is 0 Å². The van der Waals surface area contributed by atoms with Crippen LogP contribution in [0.15, 0.2) is 4.99 Å². The molecule has 2 N–H and O–H groups in total. The van der Waals surface area contributed by atoms with E-state index in [1.165, 1.54) is 4.88 Å². The Hall–Kier alpha value is -1.19. The summed E-state index contributed by atoms with van der Waals surface area (Å²) in [5.41, 5.74) is 1.07. The smallest absolute Gasteiger partial charge is 0.191 e. The summed E-state index contributed by atoms with van der Waals surface area (Å²) in [5.74, 6) is 1.31. The van der Waals surface area contributed by atoms with Crippen LogP contribution >= 0.6 is 11.3 Å². The van der Waals surface area contributed by atoms with Gasteiger partial charge in [-0.2, -0.15) is 0 Å². The molecule has 1 fully saturated rings. The zero-order chi connectivity index (χ0) is 17.6. The largest absolute Gasteiger partial charge is 0.357 e. The molecule has 2 rings (SSSR count). The lowest BCUT2D eigenvalue weighted by atomic mass is 10.4. The maximum absolute atomic E-state index is 11.4. The van der Waals surface area contributed by atoms with E-state index in [4.69, 9.17) is 0 Å². The fourth-order valence-corrected chi connectivity index (χ4v) is 4.54. The van der Waals surface area contributed by atoms with Crippen LogP contribution in [0.4, 0.5) is 0 Å². The number of sulfone groups is 1.